The monoisotopic (exact) mass is 305 g/mol. The Morgan fingerprint density at radius 2 is 2.05 bits per heavy atom. The van der Waals surface area contributed by atoms with E-state index < -0.39 is 0 Å². The molecule has 0 saturated heterocycles. The van der Waals surface area contributed by atoms with Crippen molar-refractivity contribution in [3.8, 4) is 10.4 Å². The van der Waals surface area contributed by atoms with E-state index in [1.807, 2.05) is 18.2 Å². The van der Waals surface area contributed by atoms with Crippen molar-refractivity contribution in [3.05, 3.63) is 52.4 Å². The van der Waals surface area contributed by atoms with E-state index in [1.54, 1.807) is 11.3 Å². The van der Waals surface area contributed by atoms with Gasteiger partial charge < -0.3 is 5.32 Å². The highest BCUT2D eigenvalue weighted by molar-refractivity contribution is 7.16. The number of hydrogen-bond acceptors (Lipinski definition) is 2. The molecule has 0 fully saturated rings. The quantitative estimate of drug-likeness (QED) is 0.746. The summed E-state index contributed by atoms with van der Waals surface area (Å²) in [6.45, 7) is 5.41. The lowest BCUT2D eigenvalue weighted by Gasteiger charge is -2.06. The van der Waals surface area contributed by atoms with Gasteiger partial charge in [-0.25, -0.2) is 0 Å². The molecular weight excluding hydrogens is 286 g/mol. The van der Waals surface area contributed by atoms with Crippen molar-refractivity contribution in [3.63, 3.8) is 0 Å². The first-order valence-electron chi connectivity index (χ1n) is 6.97. The number of nitrogens with one attached hydrogen (secondary N) is 1. The van der Waals surface area contributed by atoms with Crippen LogP contribution in [0.3, 0.4) is 0 Å². The van der Waals surface area contributed by atoms with Gasteiger partial charge in [0.1, 0.15) is 0 Å². The van der Waals surface area contributed by atoms with E-state index in [0.29, 0.717) is 6.04 Å². The highest BCUT2D eigenvalue weighted by atomic mass is 35.5. The average Bonchev–Trinajstić information content (AvgIpc) is 2.92. The molecule has 2 rings (SSSR count). The highest BCUT2D eigenvalue weighted by Gasteiger charge is 2.05. The standard InChI is InChI=1S/C17H20ClNS/c1-3-12-19-13(2)8-9-14-10-11-17(20-14)15-6-4-5-7-16(15)18/h4-11,13,19H,3,12H2,1-2H3/b9-8+. The normalized spacial score (nSPS) is 12.9. The van der Waals surface area contributed by atoms with Crippen LogP contribution < -0.4 is 5.32 Å². The molecule has 0 aliphatic rings. The number of hydrogen-bond donors (Lipinski definition) is 1. The molecule has 1 aromatic carbocycles. The van der Waals surface area contributed by atoms with Crippen molar-refractivity contribution >= 4 is 29.0 Å². The molecule has 3 heteroatoms. The van der Waals surface area contributed by atoms with Gasteiger partial charge in [0.25, 0.3) is 0 Å². The topological polar surface area (TPSA) is 12.0 Å². The van der Waals surface area contributed by atoms with Gasteiger partial charge in [0.2, 0.25) is 0 Å². The zero-order chi connectivity index (χ0) is 14.4. The zero-order valence-corrected chi connectivity index (χ0v) is 13.5. The summed E-state index contributed by atoms with van der Waals surface area (Å²) in [5, 5.41) is 4.26. The maximum absolute atomic E-state index is 6.23. The Labute approximate surface area is 130 Å². The van der Waals surface area contributed by atoms with Crippen LogP contribution in [0.15, 0.2) is 42.5 Å². The minimum absolute atomic E-state index is 0.404. The van der Waals surface area contributed by atoms with E-state index in [1.165, 1.54) is 9.75 Å². The van der Waals surface area contributed by atoms with Crippen molar-refractivity contribution < 1.29 is 0 Å². The van der Waals surface area contributed by atoms with E-state index in [2.05, 4.69) is 49.5 Å². The molecule has 0 aliphatic carbocycles. The molecule has 0 bridgehead atoms. The smallest absolute Gasteiger partial charge is 0.0492 e. The van der Waals surface area contributed by atoms with Crippen LogP contribution in [0.2, 0.25) is 5.02 Å². The van der Waals surface area contributed by atoms with Gasteiger partial charge in [-0.2, -0.15) is 0 Å². The molecule has 1 aromatic heterocycles. The van der Waals surface area contributed by atoms with Crippen molar-refractivity contribution in [1.82, 2.24) is 5.32 Å². The minimum Gasteiger partial charge on any atom is -0.311 e. The molecule has 1 unspecified atom stereocenters. The summed E-state index contributed by atoms with van der Waals surface area (Å²) in [5.74, 6) is 0. The van der Waals surface area contributed by atoms with E-state index >= 15 is 0 Å². The first kappa shape index (κ1) is 15.3. The van der Waals surface area contributed by atoms with Gasteiger partial charge in [-0.05, 0) is 44.2 Å². The van der Waals surface area contributed by atoms with Crippen LogP contribution in [0.5, 0.6) is 0 Å². The molecule has 1 heterocycles. The molecule has 0 aliphatic heterocycles. The summed E-state index contributed by atoms with van der Waals surface area (Å²) < 4.78 is 0. The van der Waals surface area contributed by atoms with Gasteiger partial charge in [-0.1, -0.05) is 42.8 Å². The van der Waals surface area contributed by atoms with Gasteiger partial charge in [0, 0.05) is 26.4 Å². The van der Waals surface area contributed by atoms with Crippen molar-refractivity contribution in [2.75, 3.05) is 6.54 Å². The van der Waals surface area contributed by atoms with E-state index in [-0.39, 0.29) is 0 Å². The summed E-state index contributed by atoms with van der Waals surface area (Å²) in [4.78, 5) is 2.47. The van der Waals surface area contributed by atoms with E-state index in [0.717, 1.165) is 23.6 Å². The summed E-state index contributed by atoms with van der Waals surface area (Å²) >= 11 is 8.00. The Balaban J connectivity index is 2.06. The Morgan fingerprint density at radius 1 is 1.25 bits per heavy atom. The predicted octanol–water partition coefficient (Wildman–Crippen LogP) is 5.47. The fourth-order valence-corrected chi connectivity index (χ4v) is 3.18. The van der Waals surface area contributed by atoms with Crippen molar-refractivity contribution in [2.45, 2.75) is 26.3 Å². The Hall–Kier alpha value is -1.09. The molecule has 1 nitrogen and oxygen atoms in total. The molecule has 0 spiro atoms. The summed E-state index contributed by atoms with van der Waals surface area (Å²) in [6, 6.07) is 12.7. The van der Waals surface area contributed by atoms with Crippen LogP contribution in [0, 0.1) is 0 Å². The lowest BCUT2D eigenvalue weighted by molar-refractivity contribution is 0.625. The maximum Gasteiger partial charge on any atom is 0.0492 e. The zero-order valence-electron chi connectivity index (χ0n) is 11.9. The Bertz CT molecular complexity index is 574. The van der Waals surface area contributed by atoms with Gasteiger partial charge in [-0.15, -0.1) is 11.3 Å². The second-order valence-electron chi connectivity index (χ2n) is 4.78. The average molecular weight is 306 g/mol. The lowest BCUT2D eigenvalue weighted by Crippen LogP contribution is -2.24. The van der Waals surface area contributed by atoms with E-state index in [4.69, 9.17) is 11.6 Å². The molecule has 0 saturated carbocycles. The predicted molar refractivity (Wildman–Crippen MR) is 91.6 cm³/mol. The summed E-state index contributed by atoms with van der Waals surface area (Å²) in [7, 11) is 0. The Kier molecular flexibility index (Phi) is 5.84. The van der Waals surface area contributed by atoms with Crippen LogP contribution in [0.1, 0.15) is 25.1 Å². The molecule has 0 radical (unpaired) electrons. The van der Waals surface area contributed by atoms with Gasteiger partial charge in [0.05, 0.1) is 0 Å². The first-order valence-corrected chi connectivity index (χ1v) is 8.16. The molecule has 1 N–H and O–H groups in total. The van der Waals surface area contributed by atoms with Gasteiger partial charge >= 0.3 is 0 Å². The number of benzene rings is 1. The molecule has 106 valence electrons. The fraction of sp³-hybridized carbons (Fsp3) is 0.294. The van der Waals surface area contributed by atoms with Crippen molar-refractivity contribution in [2.24, 2.45) is 0 Å². The second-order valence-corrected chi connectivity index (χ2v) is 6.31. The molecular formula is C17H20ClNS. The Morgan fingerprint density at radius 3 is 2.80 bits per heavy atom. The number of halogens is 1. The van der Waals surface area contributed by atoms with Crippen LogP contribution in [0.4, 0.5) is 0 Å². The van der Waals surface area contributed by atoms with Gasteiger partial charge in [0.15, 0.2) is 0 Å². The number of thiophene rings is 1. The maximum atomic E-state index is 6.23. The SMILES string of the molecule is CCCNC(C)/C=C/c1ccc(-c2ccccc2Cl)s1. The molecule has 0 amide bonds. The molecule has 1 atom stereocenters. The second kappa shape index (κ2) is 7.63. The third-order valence-electron chi connectivity index (χ3n) is 3.03. The highest BCUT2D eigenvalue weighted by Crippen LogP contribution is 2.33. The third kappa shape index (κ3) is 4.20. The van der Waals surface area contributed by atoms with Crippen LogP contribution in [-0.2, 0) is 0 Å². The first-order chi connectivity index (χ1) is 9.70. The third-order valence-corrected chi connectivity index (χ3v) is 4.44. The largest absolute Gasteiger partial charge is 0.311 e. The number of rotatable bonds is 6. The minimum atomic E-state index is 0.404. The molecule has 20 heavy (non-hydrogen) atoms. The summed E-state index contributed by atoms with van der Waals surface area (Å²) in [5.41, 5.74) is 1.11. The van der Waals surface area contributed by atoms with Crippen LogP contribution in [-0.4, -0.2) is 12.6 Å². The van der Waals surface area contributed by atoms with Crippen molar-refractivity contribution in [1.29, 1.82) is 0 Å². The lowest BCUT2D eigenvalue weighted by atomic mass is 10.2. The fourth-order valence-electron chi connectivity index (χ4n) is 1.93. The molecule has 2 aromatic rings. The van der Waals surface area contributed by atoms with Gasteiger partial charge in [-0.3, -0.25) is 0 Å². The van der Waals surface area contributed by atoms with E-state index in [9.17, 15) is 0 Å². The van der Waals surface area contributed by atoms with Crippen LogP contribution in [0.25, 0.3) is 16.5 Å². The van der Waals surface area contributed by atoms with Crippen LogP contribution >= 0.6 is 22.9 Å². The summed E-state index contributed by atoms with van der Waals surface area (Å²) in [6.07, 6.45) is 5.55.